The minimum Gasteiger partial charge on any atom is -0.399 e. The molecule has 3 aromatic rings. The predicted octanol–water partition coefficient (Wildman–Crippen LogP) is 3.86. The third kappa shape index (κ3) is 2.63. The van der Waals surface area contributed by atoms with Gasteiger partial charge in [0.25, 0.3) is 0 Å². The number of aromatic nitrogens is 1. The van der Waals surface area contributed by atoms with Crippen molar-refractivity contribution in [1.82, 2.24) is 4.57 Å². The molecule has 0 atom stereocenters. The summed E-state index contributed by atoms with van der Waals surface area (Å²) in [6.45, 7) is 1.03. The summed E-state index contributed by atoms with van der Waals surface area (Å²) in [5, 5.41) is 1.26. The first-order valence-electron chi connectivity index (χ1n) is 6.71. The first kappa shape index (κ1) is 11.8. The van der Waals surface area contributed by atoms with Crippen molar-refractivity contribution < 1.29 is 0 Å². The van der Waals surface area contributed by atoms with Crippen molar-refractivity contribution in [3.63, 3.8) is 0 Å². The maximum Gasteiger partial charge on any atom is 0.0500 e. The highest BCUT2D eigenvalue weighted by molar-refractivity contribution is 5.83. The van der Waals surface area contributed by atoms with Crippen LogP contribution in [0.3, 0.4) is 0 Å². The van der Waals surface area contributed by atoms with Crippen molar-refractivity contribution in [3.8, 4) is 0 Å². The van der Waals surface area contributed by atoms with E-state index >= 15 is 0 Å². The van der Waals surface area contributed by atoms with E-state index in [1.165, 1.54) is 16.5 Å². The zero-order valence-electron chi connectivity index (χ0n) is 10.9. The molecule has 1 aromatic heterocycles. The van der Waals surface area contributed by atoms with E-state index in [0.717, 1.165) is 25.1 Å². The predicted molar refractivity (Wildman–Crippen MR) is 81.1 cm³/mol. The molecule has 3 rings (SSSR count). The van der Waals surface area contributed by atoms with E-state index in [9.17, 15) is 0 Å². The molecule has 19 heavy (non-hydrogen) atoms. The molecule has 0 radical (unpaired) electrons. The number of hydrogen-bond donors (Lipinski definition) is 1. The number of nitrogens with zero attached hydrogens (tertiary/aromatic N) is 1. The third-order valence-electron chi connectivity index (χ3n) is 3.51. The van der Waals surface area contributed by atoms with Gasteiger partial charge in [-0.1, -0.05) is 36.4 Å². The molecule has 2 N–H and O–H groups in total. The standard InChI is InChI=1S/C17H18N2/c18-16-9-8-15-10-12-19(17(15)13-16)11-4-7-14-5-2-1-3-6-14/h1-3,5-6,8-10,12-13H,4,7,11,18H2. The average Bonchev–Trinajstić information content (AvgIpc) is 2.83. The second-order valence-corrected chi connectivity index (χ2v) is 4.92. The monoisotopic (exact) mass is 250 g/mol. The number of nitrogens with two attached hydrogens (primary N) is 1. The Hall–Kier alpha value is -2.22. The van der Waals surface area contributed by atoms with E-state index in [1.54, 1.807) is 0 Å². The Morgan fingerprint density at radius 1 is 0.947 bits per heavy atom. The molecular formula is C17H18N2. The Balaban J connectivity index is 1.70. The number of rotatable bonds is 4. The summed E-state index contributed by atoms with van der Waals surface area (Å²) in [6.07, 6.45) is 4.40. The second-order valence-electron chi connectivity index (χ2n) is 4.92. The van der Waals surface area contributed by atoms with E-state index in [2.05, 4.69) is 59.3 Å². The average molecular weight is 250 g/mol. The lowest BCUT2D eigenvalue weighted by Gasteiger charge is -2.06. The lowest BCUT2D eigenvalue weighted by Crippen LogP contribution is -1.98. The van der Waals surface area contributed by atoms with Gasteiger partial charge in [-0.2, -0.15) is 0 Å². The number of fused-ring (bicyclic) bond motifs is 1. The van der Waals surface area contributed by atoms with Crippen LogP contribution in [0.2, 0.25) is 0 Å². The van der Waals surface area contributed by atoms with E-state index < -0.39 is 0 Å². The van der Waals surface area contributed by atoms with Gasteiger partial charge in [0.15, 0.2) is 0 Å². The van der Waals surface area contributed by atoms with Crippen LogP contribution in [0.1, 0.15) is 12.0 Å². The van der Waals surface area contributed by atoms with E-state index in [4.69, 9.17) is 5.73 Å². The Morgan fingerprint density at radius 3 is 2.63 bits per heavy atom. The largest absolute Gasteiger partial charge is 0.399 e. The minimum absolute atomic E-state index is 0.829. The smallest absolute Gasteiger partial charge is 0.0500 e. The zero-order chi connectivity index (χ0) is 13.1. The van der Waals surface area contributed by atoms with E-state index in [-0.39, 0.29) is 0 Å². The molecule has 0 unspecified atom stereocenters. The molecule has 1 heterocycles. The Kier molecular flexibility index (Phi) is 3.23. The van der Waals surface area contributed by atoms with Gasteiger partial charge in [0.2, 0.25) is 0 Å². The molecule has 0 bridgehead atoms. The van der Waals surface area contributed by atoms with Gasteiger partial charge in [0, 0.05) is 18.4 Å². The molecule has 2 nitrogen and oxygen atoms in total. The van der Waals surface area contributed by atoms with Gasteiger partial charge >= 0.3 is 0 Å². The van der Waals surface area contributed by atoms with E-state index in [1.807, 2.05) is 6.07 Å². The number of anilines is 1. The molecule has 0 spiro atoms. The lowest BCUT2D eigenvalue weighted by atomic mass is 10.1. The van der Waals surface area contributed by atoms with E-state index in [0.29, 0.717) is 0 Å². The SMILES string of the molecule is Nc1ccc2ccn(CCCc3ccccc3)c2c1. The van der Waals surface area contributed by atoms with Gasteiger partial charge in [-0.05, 0) is 42.0 Å². The molecule has 0 aliphatic carbocycles. The molecule has 2 heteroatoms. The van der Waals surface area contributed by atoms with Crippen molar-refractivity contribution in [2.75, 3.05) is 5.73 Å². The van der Waals surface area contributed by atoms with Crippen LogP contribution in [-0.2, 0) is 13.0 Å². The summed E-state index contributed by atoms with van der Waals surface area (Å²) >= 11 is 0. The Labute approximate surface area is 113 Å². The maximum absolute atomic E-state index is 5.86. The van der Waals surface area contributed by atoms with Crippen LogP contribution in [0, 0.1) is 0 Å². The Bertz CT molecular complexity index is 668. The second kappa shape index (κ2) is 5.19. The highest BCUT2D eigenvalue weighted by Gasteiger charge is 2.01. The Morgan fingerprint density at radius 2 is 1.79 bits per heavy atom. The molecule has 0 aliphatic rings. The summed E-state index contributed by atoms with van der Waals surface area (Å²) in [7, 11) is 0. The van der Waals surface area contributed by atoms with Gasteiger partial charge in [0.05, 0.1) is 5.52 Å². The fourth-order valence-electron chi connectivity index (χ4n) is 2.49. The van der Waals surface area contributed by atoms with Gasteiger partial charge in [-0.25, -0.2) is 0 Å². The number of benzene rings is 2. The first-order chi connectivity index (χ1) is 9.33. The van der Waals surface area contributed by atoms with Crippen LogP contribution in [0.25, 0.3) is 10.9 Å². The van der Waals surface area contributed by atoms with Gasteiger partial charge in [-0.15, -0.1) is 0 Å². The third-order valence-corrected chi connectivity index (χ3v) is 3.51. The van der Waals surface area contributed by atoms with Gasteiger partial charge in [-0.3, -0.25) is 0 Å². The summed E-state index contributed by atoms with van der Waals surface area (Å²) in [4.78, 5) is 0. The fraction of sp³-hybridized carbons (Fsp3) is 0.176. The molecular weight excluding hydrogens is 232 g/mol. The summed E-state index contributed by atoms with van der Waals surface area (Å²) in [6, 6.07) is 18.9. The molecule has 0 amide bonds. The van der Waals surface area contributed by atoms with Crippen LogP contribution < -0.4 is 5.73 Å². The van der Waals surface area contributed by atoms with Crippen LogP contribution in [0.4, 0.5) is 5.69 Å². The fourth-order valence-corrected chi connectivity index (χ4v) is 2.49. The minimum atomic E-state index is 0.829. The number of aryl methyl sites for hydroxylation is 2. The maximum atomic E-state index is 5.86. The molecule has 0 fully saturated rings. The normalized spacial score (nSPS) is 10.9. The quantitative estimate of drug-likeness (QED) is 0.700. The lowest BCUT2D eigenvalue weighted by molar-refractivity contribution is 0.662. The van der Waals surface area contributed by atoms with Crippen LogP contribution in [0.5, 0.6) is 0 Å². The molecule has 0 saturated heterocycles. The van der Waals surface area contributed by atoms with Crippen LogP contribution >= 0.6 is 0 Å². The van der Waals surface area contributed by atoms with Crippen molar-refractivity contribution in [1.29, 1.82) is 0 Å². The number of hydrogen-bond acceptors (Lipinski definition) is 1. The highest BCUT2D eigenvalue weighted by Crippen LogP contribution is 2.19. The first-order valence-corrected chi connectivity index (χ1v) is 6.71. The van der Waals surface area contributed by atoms with Crippen molar-refractivity contribution in [2.24, 2.45) is 0 Å². The zero-order valence-corrected chi connectivity index (χ0v) is 10.9. The van der Waals surface area contributed by atoms with Crippen LogP contribution in [0.15, 0.2) is 60.8 Å². The molecule has 2 aromatic carbocycles. The molecule has 96 valence electrons. The molecule has 0 saturated carbocycles. The summed E-state index contributed by atoms with van der Waals surface area (Å²) in [5.41, 5.74) is 9.32. The topological polar surface area (TPSA) is 30.9 Å². The van der Waals surface area contributed by atoms with Gasteiger partial charge < -0.3 is 10.3 Å². The molecule has 0 aliphatic heterocycles. The summed E-state index contributed by atoms with van der Waals surface area (Å²) < 4.78 is 2.29. The number of nitrogen functional groups attached to an aromatic ring is 1. The van der Waals surface area contributed by atoms with Crippen molar-refractivity contribution in [3.05, 3.63) is 66.4 Å². The summed E-state index contributed by atoms with van der Waals surface area (Å²) in [5.74, 6) is 0. The van der Waals surface area contributed by atoms with Crippen molar-refractivity contribution >= 4 is 16.6 Å². The van der Waals surface area contributed by atoms with Crippen LogP contribution in [-0.4, -0.2) is 4.57 Å². The van der Waals surface area contributed by atoms with Gasteiger partial charge in [0.1, 0.15) is 0 Å². The highest BCUT2D eigenvalue weighted by atomic mass is 14.9. The van der Waals surface area contributed by atoms with Crippen molar-refractivity contribution in [2.45, 2.75) is 19.4 Å².